The normalized spacial score (nSPS) is 17.7. The standard InChI is InChI=1S/C24H18FN7O2/c1-30-20-11-27-23(31-12-28-17-5-2-13(10-26)8-19(17)31)29-22(20)32(24(30)34)18-6-7-21(33)15-4-3-14(25)9-16(15)18/h2-5,8-9,11-12,18,21,33H,6-7H2,1H3. The second-order valence-corrected chi connectivity index (χ2v) is 8.40. The summed E-state index contributed by atoms with van der Waals surface area (Å²) >= 11 is 0. The Hall–Kier alpha value is -4.36. The van der Waals surface area contributed by atoms with Gasteiger partial charge in [-0.05, 0) is 54.3 Å². The molecule has 0 bridgehead atoms. The number of halogens is 1. The van der Waals surface area contributed by atoms with E-state index in [1.807, 2.05) is 0 Å². The summed E-state index contributed by atoms with van der Waals surface area (Å²) in [4.78, 5) is 26.8. The van der Waals surface area contributed by atoms with Gasteiger partial charge in [0.05, 0.1) is 41.0 Å². The Balaban J connectivity index is 1.58. The summed E-state index contributed by atoms with van der Waals surface area (Å²) in [6, 6.07) is 11.0. The molecule has 1 N–H and O–H groups in total. The molecule has 3 aromatic heterocycles. The Kier molecular flexibility index (Phi) is 4.37. The second kappa shape index (κ2) is 7.33. The van der Waals surface area contributed by atoms with Crippen molar-refractivity contribution >= 4 is 22.2 Å². The largest absolute Gasteiger partial charge is 0.388 e. The summed E-state index contributed by atoms with van der Waals surface area (Å²) in [5.41, 5.74) is 3.62. The maximum atomic E-state index is 14.2. The van der Waals surface area contributed by atoms with Crippen molar-refractivity contribution < 1.29 is 9.50 Å². The van der Waals surface area contributed by atoms with Gasteiger partial charge < -0.3 is 5.11 Å². The summed E-state index contributed by atoms with van der Waals surface area (Å²) in [7, 11) is 1.64. The highest BCUT2D eigenvalue weighted by molar-refractivity contribution is 5.79. The minimum absolute atomic E-state index is 0.291. The molecule has 2 aromatic carbocycles. The molecule has 5 aromatic rings. The van der Waals surface area contributed by atoms with Crippen LogP contribution in [0.1, 0.15) is 41.7 Å². The molecule has 0 radical (unpaired) electrons. The minimum atomic E-state index is -0.714. The van der Waals surface area contributed by atoms with Crippen LogP contribution in [0.15, 0.2) is 53.7 Å². The van der Waals surface area contributed by atoms with E-state index in [2.05, 4.69) is 16.0 Å². The zero-order valence-corrected chi connectivity index (χ0v) is 18.1. The number of nitriles is 1. The van der Waals surface area contributed by atoms with E-state index in [1.165, 1.54) is 16.7 Å². The molecule has 0 saturated heterocycles. The van der Waals surface area contributed by atoms with Gasteiger partial charge in [-0.3, -0.25) is 13.7 Å². The lowest BCUT2D eigenvalue weighted by Gasteiger charge is -2.29. The molecule has 0 spiro atoms. The number of aliphatic hydroxyl groups excluding tert-OH is 1. The molecular weight excluding hydrogens is 437 g/mol. The zero-order chi connectivity index (χ0) is 23.6. The van der Waals surface area contributed by atoms with Gasteiger partial charge in [0.15, 0.2) is 5.65 Å². The van der Waals surface area contributed by atoms with Crippen molar-refractivity contribution in [2.45, 2.75) is 25.0 Å². The molecule has 2 unspecified atom stereocenters. The molecule has 6 rings (SSSR count). The van der Waals surface area contributed by atoms with E-state index in [0.717, 1.165) is 0 Å². The van der Waals surface area contributed by atoms with Crippen LogP contribution in [0.25, 0.3) is 28.1 Å². The van der Waals surface area contributed by atoms with Crippen molar-refractivity contribution in [3.05, 3.63) is 81.9 Å². The van der Waals surface area contributed by atoms with Crippen molar-refractivity contribution in [2.75, 3.05) is 0 Å². The third-order valence-corrected chi connectivity index (χ3v) is 6.50. The van der Waals surface area contributed by atoms with Gasteiger partial charge >= 0.3 is 5.69 Å². The number of rotatable bonds is 2. The number of hydrogen-bond donors (Lipinski definition) is 1. The lowest BCUT2D eigenvalue weighted by atomic mass is 9.85. The lowest BCUT2D eigenvalue weighted by molar-refractivity contribution is 0.147. The van der Waals surface area contributed by atoms with Crippen LogP contribution in [-0.2, 0) is 7.05 Å². The van der Waals surface area contributed by atoms with E-state index in [9.17, 15) is 19.6 Å². The molecular formula is C24H18FN7O2. The molecule has 10 heteroatoms. The van der Waals surface area contributed by atoms with E-state index in [0.29, 0.717) is 57.7 Å². The highest BCUT2D eigenvalue weighted by Gasteiger charge is 2.31. The van der Waals surface area contributed by atoms with Gasteiger partial charge in [0.1, 0.15) is 17.7 Å². The van der Waals surface area contributed by atoms with Gasteiger partial charge in [0, 0.05) is 7.05 Å². The van der Waals surface area contributed by atoms with Crippen LogP contribution in [0.5, 0.6) is 0 Å². The molecule has 0 fully saturated rings. The summed E-state index contributed by atoms with van der Waals surface area (Å²) in [6.45, 7) is 0. The Bertz CT molecular complexity index is 1710. The molecule has 1 aliphatic carbocycles. The predicted octanol–water partition coefficient (Wildman–Crippen LogP) is 2.90. The number of aryl methyl sites for hydroxylation is 1. The molecule has 2 atom stereocenters. The first-order valence-electron chi connectivity index (χ1n) is 10.7. The maximum absolute atomic E-state index is 14.2. The predicted molar refractivity (Wildman–Crippen MR) is 121 cm³/mol. The van der Waals surface area contributed by atoms with Crippen LogP contribution in [0.2, 0.25) is 0 Å². The number of aromatic nitrogens is 6. The molecule has 0 amide bonds. The monoisotopic (exact) mass is 455 g/mol. The summed E-state index contributed by atoms with van der Waals surface area (Å²) in [5.74, 6) is -0.139. The van der Waals surface area contributed by atoms with E-state index in [4.69, 9.17) is 4.98 Å². The average Bonchev–Trinajstić information content (AvgIpc) is 3.37. The molecule has 1 aliphatic rings. The van der Waals surface area contributed by atoms with Gasteiger partial charge in [-0.15, -0.1) is 0 Å². The van der Waals surface area contributed by atoms with Gasteiger partial charge in [-0.25, -0.2) is 19.2 Å². The van der Waals surface area contributed by atoms with E-state index in [1.54, 1.807) is 53.0 Å². The maximum Gasteiger partial charge on any atom is 0.330 e. The number of fused-ring (bicyclic) bond motifs is 3. The molecule has 9 nitrogen and oxygen atoms in total. The summed E-state index contributed by atoms with van der Waals surface area (Å²) in [6.07, 6.45) is 3.32. The number of imidazole rings is 2. The van der Waals surface area contributed by atoms with Crippen molar-refractivity contribution in [3.63, 3.8) is 0 Å². The third kappa shape index (κ3) is 2.87. The minimum Gasteiger partial charge on any atom is -0.388 e. The van der Waals surface area contributed by atoms with Crippen LogP contribution in [0, 0.1) is 17.1 Å². The molecule has 0 saturated carbocycles. The van der Waals surface area contributed by atoms with Gasteiger partial charge in [-0.2, -0.15) is 10.2 Å². The fourth-order valence-electron chi connectivity index (χ4n) is 4.79. The zero-order valence-electron chi connectivity index (χ0n) is 18.1. The smallest absolute Gasteiger partial charge is 0.330 e. The van der Waals surface area contributed by atoms with Gasteiger partial charge in [0.25, 0.3) is 0 Å². The van der Waals surface area contributed by atoms with Crippen molar-refractivity contribution in [1.82, 2.24) is 28.7 Å². The second-order valence-electron chi connectivity index (χ2n) is 8.40. The fraction of sp³-hybridized carbons (Fsp3) is 0.208. The lowest BCUT2D eigenvalue weighted by Crippen LogP contribution is -2.30. The van der Waals surface area contributed by atoms with Crippen LogP contribution < -0.4 is 5.69 Å². The van der Waals surface area contributed by atoms with E-state index < -0.39 is 18.0 Å². The number of aliphatic hydroxyl groups is 1. The van der Waals surface area contributed by atoms with Gasteiger partial charge in [-0.1, -0.05) is 6.07 Å². The topological polar surface area (TPSA) is 115 Å². The van der Waals surface area contributed by atoms with Crippen molar-refractivity contribution in [2.24, 2.45) is 7.05 Å². The van der Waals surface area contributed by atoms with Crippen LogP contribution >= 0.6 is 0 Å². The Morgan fingerprint density at radius 1 is 1.12 bits per heavy atom. The fourth-order valence-corrected chi connectivity index (χ4v) is 4.79. The van der Waals surface area contributed by atoms with Crippen LogP contribution in [0.3, 0.4) is 0 Å². The summed E-state index contributed by atoms with van der Waals surface area (Å²) < 4.78 is 18.8. The van der Waals surface area contributed by atoms with Gasteiger partial charge in [0.2, 0.25) is 5.95 Å². The van der Waals surface area contributed by atoms with Crippen molar-refractivity contribution in [1.29, 1.82) is 5.26 Å². The highest BCUT2D eigenvalue weighted by atomic mass is 19.1. The number of nitrogens with zero attached hydrogens (tertiary/aromatic N) is 7. The number of hydrogen-bond acceptors (Lipinski definition) is 6. The van der Waals surface area contributed by atoms with E-state index >= 15 is 0 Å². The van der Waals surface area contributed by atoms with E-state index in [-0.39, 0.29) is 5.69 Å². The summed E-state index contributed by atoms with van der Waals surface area (Å²) in [5, 5.41) is 19.7. The molecule has 3 heterocycles. The average molecular weight is 455 g/mol. The van der Waals surface area contributed by atoms with Crippen LogP contribution in [-0.4, -0.2) is 33.8 Å². The Morgan fingerprint density at radius 3 is 2.79 bits per heavy atom. The Morgan fingerprint density at radius 2 is 1.97 bits per heavy atom. The van der Waals surface area contributed by atoms with Crippen molar-refractivity contribution in [3.8, 4) is 12.0 Å². The Labute approximate surface area is 192 Å². The first-order valence-corrected chi connectivity index (χ1v) is 10.7. The molecule has 34 heavy (non-hydrogen) atoms. The first-order chi connectivity index (χ1) is 16.5. The highest BCUT2D eigenvalue weighted by Crippen LogP contribution is 2.39. The number of benzene rings is 2. The van der Waals surface area contributed by atoms with Crippen LogP contribution in [0.4, 0.5) is 4.39 Å². The SMILES string of the molecule is Cn1c(=O)n(C2CCC(O)c3ccc(F)cc32)c2nc(-n3cnc4ccc(C#N)cc43)ncc21. The first kappa shape index (κ1) is 20.3. The molecule has 168 valence electrons. The third-order valence-electron chi connectivity index (χ3n) is 6.50. The quantitative estimate of drug-likeness (QED) is 0.438. The molecule has 0 aliphatic heterocycles.